The average molecular weight is 326 g/mol. The number of furan rings is 1. The lowest BCUT2D eigenvalue weighted by Gasteiger charge is -2.18. The fraction of sp³-hybridized carbons (Fsp3) is 0.211. The number of para-hydroxylation sites is 1. The summed E-state index contributed by atoms with van der Waals surface area (Å²) in [6.45, 7) is 0. The van der Waals surface area contributed by atoms with Crippen LogP contribution < -0.4 is 5.32 Å². The quantitative estimate of drug-likeness (QED) is 0.736. The molecule has 0 spiro atoms. The Balaban J connectivity index is 1.58. The zero-order valence-corrected chi connectivity index (χ0v) is 13.2. The van der Waals surface area contributed by atoms with Crippen LogP contribution in [-0.4, -0.2) is 5.91 Å². The van der Waals surface area contributed by atoms with Gasteiger partial charge in [0.05, 0.1) is 6.04 Å². The number of fused-ring (bicyclic) bond motifs is 1. The van der Waals surface area contributed by atoms with Crippen molar-refractivity contribution >= 4 is 28.5 Å². The monoisotopic (exact) mass is 325 g/mol. The minimum Gasteiger partial charge on any atom is -0.451 e. The molecular formula is C19H16ClNO2. The molecule has 0 bridgehead atoms. The maximum atomic E-state index is 12.6. The number of halogens is 1. The van der Waals surface area contributed by atoms with Gasteiger partial charge in [-0.2, -0.15) is 0 Å². The van der Waals surface area contributed by atoms with Crippen molar-refractivity contribution in [2.45, 2.75) is 18.9 Å². The molecule has 4 heteroatoms. The zero-order valence-electron chi connectivity index (χ0n) is 12.5. The van der Waals surface area contributed by atoms with Crippen molar-refractivity contribution in [3.05, 3.63) is 70.9 Å². The Hall–Kier alpha value is -2.26. The number of carbonyl (C=O) groups is 1. The molecule has 2 aromatic carbocycles. The summed E-state index contributed by atoms with van der Waals surface area (Å²) in [5, 5.41) is 4.75. The molecule has 116 valence electrons. The third-order valence-corrected chi connectivity index (χ3v) is 4.51. The van der Waals surface area contributed by atoms with Gasteiger partial charge in [-0.3, -0.25) is 4.79 Å². The standard InChI is InChI=1S/C19H16ClNO2/c20-15-9-7-13(8-10-15)18(12-5-6-12)21-19(22)17-11-14-3-1-2-4-16(14)23-17/h1-4,7-12,18H,5-6H2,(H,21,22)/t18-/m1/s1. The van der Waals surface area contributed by atoms with Crippen LogP contribution >= 0.6 is 11.6 Å². The SMILES string of the molecule is O=C(N[C@@H](c1ccc(Cl)cc1)C1CC1)c1cc2ccccc2o1. The number of benzene rings is 2. The Kier molecular flexibility index (Phi) is 3.58. The van der Waals surface area contributed by atoms with Gasteiger partial charge in [0.15, 0.2) is 5.76 Å². The van der Waals surface area contributed by atoms with Gasteiger partial charge in [0.1, 0.15) is 5.58 Å². The van der Waals surface area contributed by atoms with Gasteiger partial charge in [-0.25, -0.2) is 0 Å². The van der Waals surface area contributed by atoms with Gasteiger partial charge in [-0.05, 0) is 48.6 Å². The van der Waals surface area contributed by atoms with E-state index in [1.807, 2.05) is 48.5 Å². The highest BCUT2D eigenvalue weighted by atomic mass is 35.5. The van der Waals surface area contributed by atoms with Crippen LogP contribution in [0.2, 0.25) is 5.02 Å². The first kappa shape index (κ1) is 14.3. The topological polar surface area (TPSA) is 42.2 Å². The fourth-order valence-corrected chi connectivity index (χ4v) is 3.01. The summed E-state index contributed by atoms with van der Waals surface area (Å²) in [7, 11) is 0. The van der Waals surface area contributed by atoms with Gasteiger partial charge >= 0.3 is 0 Å². The summed E-state index contributed by atoms with van der Waals surface area (Å²) in [5.41, 5.74) is 1.81. The first-order chi connectivity index (χ1) is 11.2. The van der Waals surface area contributed by atoms with Crippen molar-refractivity contribution in [2.75, 3.05) is 0 Å². The second-order valence-electron chi connectivity index (χ2n) is 5.99. The zero-order chi connectivity index (χ0) is 15.8. The molecule has 0 radical (unpaired) electrons. The predicted octanol–water partition coefficient (Wildman–Crippen LogP) is 4.97. The second-order valence-corrected chi connectivity index (χ2v) is 6.43. The molecule has 3 aromatic rings. The van der Waals surface area contributed by atoms with E-state index in [1.165, 1.54) is 0 Å². The number of hydrogen-bond acceptors (Lipinski definition) is 2. The van der Waals surface area contributed by atoms with Crippen LogP contribution in [0, 0.1) is 5.92 Å². The molecule has 23 heavy (non-hydrogen) atoms. The maximum Gasteiger partial charge on any atom is 0.287 e. The third kappa shape index (κ3) is 2.97. The molecular weight excluding hydrogens is 310 g/mol. The number of amides is 1. The Bertz CT molecular complexity index is 816. The van der Waals surface area contributed by atoms with Crippen LogP contribution in [0.3, 0.4) is 0 Å². The largest absolute Gasteiger partial charge is 0.451 e. The van der Waals surface area contributed by atoms with Crippen LogP contribution in [0.25, 0.3) is 11.0 Å². The lowest BCUT2D eigenvalue weighted by Crippen LogP contribution is -2.29. The molecule has 1 aliphatic carbocycles. The lowest BCUT2D eigenvalue weighted by atomic mass is 10.0. The molecule has 1 atom stereocenters. The van der Waals surface area contributed by atoms with Crippen molar-refractivity contribution in [2.24, 2.45) is 5.92 Å². The molecule has 1 fully saturated rings. The van der Waals surface area contributed by atoms with E-state index in [0.717, 1.165) is 29.4 Å². The minimum atomic E-state index is -0.173. The van der Waals surface area contributed by atoms with Gasteiger partial charge in [0.2, 0.25) is 0 Å². The van der Waals surface area contributed by atoms with E-state index in [0.29, 0.717) is 16.7 Å². The van der Waals surface area contributed by atoms with Crippen molar-refractivity contribution in [3.63, 3.8) is 0 Å². The highest BCUT2D eigenvalue weighted by molar-refractivity contribution is 6.30. The molecule has 3 nitrogen and oxygen atoms in total. The molecule has 4 rings (SSSR count). The normalized spacial score (nSPS) is 15.5. The molecule has 1 saturated carbocycles. The van der Waals surface area contributed by atoms with E-state index < -0.39 is 0 Å². The van der Waals surface area contributed by atoms with Crippen molar-refractivity contribution in [1.82, 2.24) is 5.32 Å². The highest BCUT2D eigenvalue weighted by Crippen LogP contribution is 2.41. The number of nitrogens with one attached hydrogen (secondary N) is 1. The number of rotatable bonds is 4. The fourth-order valence-electron chi connectivity index (χ4n) is 2.88. The molecule has 1 aromatic heterocycles. The summed E-state index contributed by atoms with van der Waals surface area (Å²) in [5.74, 6) is 0.670. The maximum absolute atomic E-state index is 12.6. The van der Waals surface area contributed by atoms with Crippen LogP contribution in [-0.2, 0) is 0 Å². The molecule has 1 heterocycles. The number of hydrogen-bond donors (Lipinski definition) is 1. The predicted molar refractivity (Wildman–Crippen MR) is 90.6 cm³/mol. The van der Waals surface area contributed by atoms with E-state index in [2.05, 4.69) is 5.32 Å². The Labute approximate surface area is 139 Å². The van der Waals surface area contributed by atoms with E-state index in [1.54, 1.807) is 6.07 Å². The summed E-state index contributed by atoms with van der Waals surface area (Å²) in [6, 6.07) is 17.1. The first-order valence-corrected chi connectivity index (χ1v) is 8.13. The van der Waals surface area contributed by atoms with E-state index in [4.69, 9.17) is 16.0 Å². The summed E-state index contributed by atoms with van der Waals surface area (Å²) in [4.78, 5) is 12.6. The minimum absolute atomic E-state index is 0.00739. The molecule has 0 saturated heterocycles. The van der Waals surface area contributed by atoms with E-state index in [-0.39, 0.29) is 11.9 Å². The van der Waals surface area contributed by atoms with Crippen LogP contribution in [0.15, 0.2) is 59.0 Å². The summed E-state index contributed by atoms with van der Waals surface area (Å²) >= 11 is 5.96. The summed E-state index contributed by atoms with van der Waals surface area (Å²) < 4.78 is 5.65. The van der Waals surface area contributed by atoms with E-state index >= 15 is 0 Å². The molecule has 0 unspecified atom stereocenters. The molecule has 1 aliphatic rings. The van der Waals surface area contributed by atoms with Gasteiger partial charge < -0.3 is 9.73 Å². The Morgan fingerprint density at radius 1 is 1.13 bits per heavy atom. The van der Waals surface area contributed by atoms with Crippen molar-refractivity contribution in [3.8, 4) is 0 Å². The van der Waals surface area contributed by atoms with Crippen LogP contribution in [0.1, 0.15) is 35.0 Å². The average Bonchev–Trinajstić information content (AvgIpc) is 3.31. The number of carbonyl (C=O) groups excluding carboxylic acids is 1. The first-order valence-electron chi connectivity index (χ1n) is 7.75. The summed E-state index contributed by atoms with van der Waals surface area (Å²) in [6.07, 6.45) is 2.27. The Morgan fingerprint density at radius 3 is 2.57 bits per heavy atom. The second kappa shape index (κ2) is 5.74. The van der Waals surface area contributed by atoms with E-state index in [9.17, 15) is 4.79 Å². The van der Waals surface area contributed by atoms with Crippen LogP contribution in [0.5, 0.6) is 0 Å². The molecule has 0 aliphatic heterocycles. The molecule has 1 amide bonds. The van der Waals surface area contributed by atoms with Crippen molar-refractivity contribution in [1.29, 1.82) is 0 Å². The smallest absolute Gasteiger partial charge is 0.287 e. The van der Waals surface area contributed by atoms with Crippen molar-refractivity contribution < 1.29 is 9.21 Å². The lowest BCUT2D eigenvalue weighted by molar-refractivity contribution is 0.0905. The third-order valence-electron chi connectivity index (χ3n) is 4.26. The van der Waals surface area contributed by atoms with Gasteiger partial charge in [-0.15, -0.1) is 0 Å². The highest BCUT2D eigenvalue weighted by Gasteiger charge is 2.34. The van der Waals surface area contributed by atoms with Gasteiger partial charge in [-0.1, -0.05) is 41.9 Å². The van der Waals surface area contributed by atoms with Crippen LogP contribution in [0.4, 0.5) is 0 Å². The van der Waals surface area contributed by atoms with Gasteiger partial charge in [0.25, 0.3) is 5.91 Å². The van der Waals surface area contributed by atoms with Gasteiger partial charge in [0, 0.05) is 10.4 Å². The Morgan fingerprint density at radius 2 is 1.87 bits per heavy atom. The molecule has 1 N–H and O–H groups in total.